The number of hydrogen-bond acceptors (Lipinski definition) is 4. The van der Waals surface area contributed by atoms with E-state index in [1.54, 1.807) is 13.2 Å². The van der Waals surface area contributed by atoms with Gasteiger partial charge in [0.25, 0.3) is 5.91 Å². The number of carbonyl (C=O) groups excluding carboxylic acids is 1. The minimum Gasteiger partial charge on any atom is -0.372 e. The molecule has 1 aromatic rings. The van der Waals surface area contributed by atoms with Crippen LogP contribution in [0.3, 0.4) is 0 Å². The highest BCUT2D eigenvalue weighted by atomic mass is 16.1. The minimum atomic E-state index is -0.116. The number of amides is 1. The van der Waals surface area contributed by atoms with Crippen molar-refractivity contribution < 1.29 is 4.79 Å². The molecule has 2 rings (SSSR count). The highest BCUT2D eigenvalue weighted by Gasteiger charge is 2.19. The zero-order chi connectivity index (χ0) is 13.7. The van der Waals surface area contributed by atoms with Crippen molar-refractivity contribution in [3.63, 3.8) is 0 Å². The van der Waals surface area contributed by atoms with Crippen LogP contribution in [0.1, 0.15) is 49.5 Å². The van der Waals surface area contributed by atoms with Crippen molar-refractivity contribution in [2.24, 2.45) is 5.92 Å². The summed E-state index contributed by atoms with van der Waals surface area (Å²) < 4.78 is 0. The fourth-order valence-electron chi connectivity index (χ4n) is 2.47. The van der Waals surface area contributed by atoms with Gasteiger partial charge in [-0.1, -0.05) is 19.8 Å². The molecule has 1 fully saturated rings. The number of nitrogens with zero attached hydrogens (tertiary/aromatic N) is 2. The molecule has 0 aliphatic heterocycles. The van der Waals surface area contributed by atoms with E-state index in [4.69, 9.17) is 0 Å². The van der Waals surface area contributed by atoms with Crippen LogP contribution < -0.4 is 10.6 Å². The van der Waals surface area contributed by atoms with Crippen molar-refractivity contribution in [3.8, 4) is 0 Å². The molecule has 0 saturated heterocycles. The molecule has 0 bridgehead atoms. The van der Waals surface area contributed by atoms with Crippen LogP contribution in [0.25, 0.3) is 0 Å². The molecule has 1 amide bonds. The molecule has 0 aromatic carbocycles. The van der Waals surface area contributed by atoms with E-state index in [1.165, 1.54) is 25.5 Å². The van der Waals surface area contributed by atoms with Crippen LogP contribution in [0.4, 0.5) is 5.82 Å². The Hall–Kier alpha value is -1.65. The molecule has 1 saturated carbocycles. The predicted molar refractivity (Wildman–Crippen MR) is 75.1 cm³/mol. The maximum atomic E-state index is 12.1. The van der Waals surface area contributed by atoms with Gasteiger partial charge in [0.1, 0.15) is 11.5 Å². The third-order valence-corrected chi connectivity index (χ3v) is 3.73. The minimum absolute atomic E-state index is 0.116. The molecule has 19 heavy (non-hydrogen) atoms. The van der Waals surface area contributed by atoms with Crippen molar-refractivity contribution in [1.82, 2.24) is 15.3 Å². The van der Waals surface area contributed by atoms with E-state index in [0.717, 1.165) is 18.8 Å². The molecule has 0 radical (unpaired) electrons. The number of rotatable bonds is 3. The number of carbonyl (C=O) groups is 1. The first-order valence-electron chi connectivity index (χ1n) is 6.99. The highest BCUT2D eigenvalue weighted by molar-refractivity contribution is 5.92. The molecule has 0 spiro atoms. The third kappa shape index (κ3) is 3.91. The van der Waals surface area contributed by atoms with Gasteiger partial charge in [0, 0.05) is 13.1 Å². The van der Waals surface area contributed by atoms with Crippen molar-refractivity contribution in [2.75, 3.05) is 12.4 Å². The standard InChI is InChI=1S/C14H22N4O/c1-10-4-3-5-11(7-6-10)18-14(19)12-8-17-13(15-2)9-16-12/h8-11H,3-7H2,1-2H3,(H,15,17)(H,18,19). The average Bonchev–Trinajstić information content (AvgIpc) is 2.64. The van der Waals surface area contributed by atoms with E-state index in [0.29, 0.717) is 11.5 Å². The Labute approximate surface area is 114 Å². The van der Waals surface area contributed by atoms with Gasteiger partial charge in [-0.15, -0.1) is 0 Å². The first-order valence-corrected chi connectivity index (χ1v) is 6.99. The van der Waals surface area contributed by atoms with Gasteiger partial charge in [0.15, 0.2) is 0 Å². The number of anilines is 1. The zero-order valence-corrected chi connectivity index (χ0v) is 11.6. The third-order valence-electron chi connectivity index (χ3n) is 3.73. The van der Waals surface area contributed by atoms with Gasteiger partial charge < -0.3 is 10.6 Å². The lowest BCUT2D eigenvalue weighted by Gasteiger charge is -2.16. The number of hydrogen-bond donors (Lipinski definition) is 2. The predicted octanol–water partition coefficient (Wildman–Crippen LogP) is 2.22. The van der Waals surface area contributed by atoms with Gasteiger partial charge in [-0.05, 0) is 25.2 Å². The summed E-state index contributed by atoms with van der Waals surface area (Å²) in [6, 6.07) is 0.281. The maximum absolute atomic E-state index is 12.1. The summed E-state index contributed by atoms with van der Waals surface area (Å²) in [6.07, 6.45) is 8.87. The van der Waals surface area contributed by atoms with Crippen LogP contribution in [0.2, 0.25) is 0 Å². The first-order chi connectivity index (χ1) is 9.19. The van der Waals surface area contributed by atoms with Crippen LogP contribution in [0.15, 0.2) is 12.4 Å². The smallest absolute Gasteiger partial charge is 0.271 e. The SMILES string of the molecule is CNc1cnc(C(=O)NC2CCCC(C)CC2)cn1. The zero-order valence-electron chi connectivity index (χ0n) is 11.6. The van der Waals surface area contributed by atoms with Crippen LogP contribution in [0.5, 0.6) is 0 Å². The summed E-state index contributed by atoms with van der Waals surface area (Å²) in [5.41, 5.74) is 0.385. The maximum Gasteiger partial charge on any atom is 0.271 e. The largest absolute Gasteiger partial charge is 0.372 e. The van der Waals surface area contributed by atoms with E-state index in [-0.39, 0.29) is 11.9 Å². The van der Waals surface area contributed by atoms with Gasteiger partial charge in [-0.25, -0.2) is 9.97 Å². The summed E-state index contributed by atoms with van der Waals surface area (Å²) in [6.45, 7) is 2.28. The molecule has 2 atom stereocenters. The lowest BCUT2D eigenvalue weighted by Crippen LogP contribution is -2.35. The van der Waals surface area contributed by atoms with Gasteiger partial charge in [0.05, 0.1) is 12.4 Å². The number of nitrogens with one attached hydrogen (secondary N) is 2. The van der Waals surface area contributed by atoms with E-state index in [2.05, 4.69) is 27.5 Å². The molecular formula is C14H22N4O. The molecule has 5 nitrogen and oxygen atoms in total. The quantitative estimate of drug-likeness (QED) is 0.820. The number of aromatic nitrogens is 2. The van der Waals surface area contributed by atoms with Crippen LogP contribution in [0, 0.1) is 5.92 Å². The van der Waals surface area contributed by atoms with Gasteiger partial charge in [0.2, 0.25) is 0 Å². The van der Waals surface area contributed by atoms with E-state index >= 15 is 0 Å². The molecule has 104 valence electrons. The molecule has 1 aromatic heterocycles. The lowest BCUT2D eigenvalue weighted by atomic mass is 10.0. The first kappa shape index (κ1) is 13.8. The van der Waals surface area contributed by atoms with Gasteiger partial charge in [-0.2, -0.15) is 0 Å². The molecule has 5 heteroatoms. The van der Waals surface area contributed by atoms with Crippen molar-refractivity contribution in [3.05, 3.63) is 18.1 Å². The summed E-state index contributed by atoms with van der Waals surface area (Å²) in [5, 5.41) is 5.95. The summed E-state index contributed by atoms with van der Waals surface area (Å²) >= 11 is 0. The van der Waals surface area contributed by atoms with Crippen molar-refractivity contribution in [2.45, 2.75) is 45.1 Å². The Morgan fingerprint density at radius 1 is 1.21 bits per heavy atom. The van der Waals surface area contributed by atoms with E-state index < -0.39 is 0 Å². The monoisotopic (exact) mass is 262 g/mol. The summed E-state index contributed by atoms with van der Waals surface area (Å²) in [7, 11) is 1.77. The van der Waals surface area contributed by atoms with Crippen LogP contribution in [-0.2, 0) is 0 Å². The van der Waals surface area contributed by atoms with Crippen molar-refractivity contribution >= 4 is 11.7 Å². The van der Waals surface area contributed by atoms with Gasteiger partial charge >= 0.3 is 0 Å². The fraction of sp³-hybridized carbons (Fsp3) is 0.643. The second-order valence-corrected chi connectivity index (χ2v) is 5.32. The topological polar surface area (TPSA) is 66.9 Å². The van der Waals surface area contributed by atoms with Crippen LogP contribution >= 0.6 is 0 Å². The Kier molecular flexibility index (Phi) is 4.71. The Bertz CT molecular complexity index is 418. The molecule has 1 heterocycles. The molecule has 2 N–H and O–H groups in total. The Balaban J connectivity index is 1.92. The second kappa shape index (κ2) is 6.50. The van der Waals surface area contributed by atoms with Crippen LogP contribution in [-0.4, -0.2) is 29.0 Å². The fourth-order valence-corrected chi connectivity index (χ4v) is 2.47. The molecular weight excluding hydrogens is 240 g/mol. The molecule has 2 unspecified atom stereocenters. The molecule has 1 aliphatic rings. The van der Waals surface area contributed by atoms with Gasteiger partial charge in [-0.3, -0.25) is 4.79 Å². The average molecular weight is 262 g/mol. The second-order valence-electron chi connectivity index (χ2n) is 5.32. The summed E-state index contributed by atoms with van der Waals surface area (Å²) in [4.78, 5) is 20.3. The highest BCUT2D eigenvalue weighted by Crippen LogP contribution is 2.22. The lowest BCUT2D eigenvalue weighted by molar-refractivity contribution is 0.0927. The normalized spacial score (nSPS) is 23.5. The van der Waals surface area contributed by atoms with Crippen molar-refractivity contribution in [1.29, 1.82) is 0 Å². The molecule has 1 aliphatic carbocycles. The van der Waals surface area contributed by atoms with E-state index in [9.17, 15) is 4.79 Å². The van der Waals surface area contributed by atoms with E-state index in [1.807, 2.05) is 0 Å². The summed E-state index contributed by atoms with van der Waals surface area (Å²) in [5.74, 6) is 1.33. The Morgan fingerprint density at radius 3 is 2.74 bits per heavy atom. The Morgan fingerprint density at radius 2 is 2.05 bits per heavy atom.